The summed E-state index contributed by atoms with van der Waals surface area (Å²) in [5, 5.41) is 6.68. The highest BCUT2D eigenvalue weighted by Gasteiger charge is 2.24. The van der Waals surface area contributed by atoms with Crippen LogP contribution in [0.25, 0.3) is 10.2 Å². The van der Waals surface area contributed by atoms with Gasteiger partial charge >= 0.3 is 0 Å². The van der Waals surface area contributed by atoms with Crippen molar-refractivity contribution in [2.24, 2.45) is 5.10 Å². The van der Waals surface area contributed by atoms with Gasteiger partial charge in [-0.1, -0.05) is 84.1 Å². The van der Waals surface area contributed by atoms with Crippen LogP contribution < -0.4 is 4.90 Å². The number of hydrogen-bond donors (Lipinski definition) is 0. The van der Waals surface area contributed by atoms with Crippen LogP contribution in [0.2, 0.25) is 0 Å². The van der Waals surface area contributed by atoms with Crippen molar-refractivity contribution in [3.63, 3.8) is 0 Å². The van der Waals surface area contributed by atoms with Gasteiger partial charge in [-0.15, -0.1) is 0 Å². The number of aromatic nitrogens is 1. The second-order valence-electron chi connectivity index (χ2n) is 8.42. The lowest BCUT2D eigenvalue weighted by atomic mass is 10.1. The van der Waals surface area contributed by atoms with E-state index in [0.29, 0.717) is 24.6 Å². The largest absolute Gasteiger partial charge is 0.288 e. The quantitative estimate of drug-likeness (QED) is 0.343. The molecular weight excluding hydrogens is 456 g/mol. The fourth-order valence-corrected chi connectivity index (χ4v) is 5.15. The Balaban J connectivity index is 1.27. The van der Waals surface area contributed by atoms with Gasteiger partial charge in [0, 0.05) is 25.8 Å². The molecule has 35 heavy (non-hydrogen) atoms. The minimum absolute atomic E-state index is 0.0974. The van der Waals surface area contributed by atoms with Crippen molar-refractivity contribution < 1.29 is 9.59 Å². The third-order valence-corrected chi connectivity index (χ3v) is 7.09. The van der Waals surface area contributed by atoms with E-state index in [1.807, 2.05) is 72.8 Å². The summed E-state index contributed by atoms with van der Waals surface area (Å²) in [6.45, 7) is 1.06. The van der Waals surface area contributed by atoms with Crippen LogP contribution in [0.15, 0.2) is 90.0 Å². The lowest BCUT2D eigenvalue weighted by Gasteiger charge is -2.20. The average Bonchev–Trinajstić information content (AvgIpc) is 3.56. The van der Waals surface area contributed by atoms with Crippen molar-refractivity contribution in [3.8, 4) is 0 Å². The van der Waals surface area contributed by atoms with Gasteiger partial charge in [-0.25, -0.2) is 9.99 Å². The number of carbonyl (C=O) groups is 2. The first-order chi connectivity index (χ1) is 17.2. The van der Waals surface area contributed by atoms with E-state index in [1.54, 1.807) is 4.90 Å². The summed E-state index contributed by atoms with van der Waals surface area (Å²) in [7, 11) is 0. The number of hydrogen-bond acceptors (Lipinski definition) is 5. The summed E-state index contributed by atoms with van der Waals surface area (Å²) in [6, 6.07) is 27.9. The average molecular weight is 483 g/mol. The number of hydrazone groups is 1. The van der Waals surface area contributed by atoms with Crippen molar-refractivity contribution in [2.45, 2.75) is 25.7 Å². The van der Waals surface area contributed by atoms with E-state index in [-0.39, 0.29) is 24.7 Å². The van der Waals surface area contributed by atoms with E-state index in [0.717, 1.165) is 33.5 Å². The summed E-state index contributed by atoms with van der Waals surface area (Å²) in [5.74, 6) is -0.226. The molecule has 4 aromatic rings. The summed E-state index contributed by atoms with van der Waals surface area (Å²) < 4.78 is 1.04. The van der Waals surface area contributed by atoms with E-state index in [9.17, 15) is 9.59 Å². The minimum Gasteiger partial charge on any atom is -0.288 e. The SMILES string of the molecule is O=C(CCC(=O)N(CCc1ccccc1)c1nc2ccccc2s1)N1CCC(c2ccccc2)=N1. The molecule has 0 N–H and O–H groups in total. The van der Waals surface area contributed by atoms with Crippen LogP contribution >= 0.6 is 11.3 Å². The van der Waals surface area contributed by atoms with Gasteiger partial charge in [0.15, 0.2) is 5.13 Å². The molecule has 6 nitrogen and oxygen atoms in total. The van der Waals surface area contributed by atoms with Crippen LogP contribution in [0, 0.1) is 0 Å². The molecule has 0 spiro atoms. The lowest BCUT2D eigenvalue weighted by Crippen LogP contribution is -2.34. The maximum atomic E-state index is 13.3. The second-order valence-corrected chi connectivity index (χ2v) is 9.43. The molecule has 0 radical (unpaired) electrons. The van der Waals surface area contributed by atoms with Gasteiger partial charge in [0.25, 0.3) is 0 Å². The van der Waals surface area contributed by atoms with Crippen LogP contribution in [0.4, 0.5) is 5.13 Å². The predicted octanol–water partition coefficient (Wildman–Crippen LogP) is 5.29. The Morgan fingerprint density at radius 1 is 0.886 bits per heavy atom. The smallest absolute Gasteiger partial charge is 0.243 e. The normalized spacial score (nSPS) is 13.1. The first kappa shape index (κ1) is 22.9. The summed E-state index contributed by atoms with van der Waals surface area (Å²) >= 11 is 1.50. The molecule has 7 heteroatoms. The van der Waals surface area contributed by atoms with Crippen LogP contribution in [0.1, 0.15) is 30.4 Å². The molecule has 0 unspecified atom stereocenters. The highest BCUT2D eigenvalue weighted by Crippen LogP contribution is 2.29. The summed E-state index contributed by atoms with van der Waals surface area (Å²) in [5.41, 5.74) is 3.97. The number of thiazole rings is 1. The molecule has 0 bridgehead atoms. The Morgan fingerprint density at radius 2 is 1.60 bits per heavy atom. The maximum Gasteiger partial charge on any atom is 0.243 e. The van der Waals surface area contributed by atoms with Gasteiger partial charge in [-0.05, 0) is 29.7 Å². The van der Waals surface area contributed by atoms with Gasteiger partial charge in [-0.3, -0.25) is 14.5 Å². The molecule has 0 saturated heterocycles. The monoisotopic (exact) mass is 482 g/mol. The minimum atomic E-state index is -0.128. The zero-order valence-electron chi connectivity index (χ0n) is 19.3. The van der Waals surface area contributed by atoms with Crippen molar-refractivity contribution in [2.75, 3.05) is 18.0 Å². The first-order valence-electron chi connectivity index (χ1n) is 11.8. The van der Waals surface area contributed by atoms with Gasteiger partial charge in [-0.2, -0.15) is 5.10 Å². The maximum absolute atomic E-state index is 13.3. The molecule has 176 valence electrons. The first-order valence-corrected chi connectivity index (χ1v) is 12.6. The molecule has 1 aromatic heterocycles. The zero-order chi connectivity index (χ0) is 24.0. The number of nitrogens with zero attached hydrogens (tertiary/aromatic N) is 4. The highest BCUT2D eigenvalue weighted by atomic mass is 32.1. The Bertz CT molecular complexity index is 1320. The zero-order valence-corrected chi connectivity index (χ0v) is 20.2. The van der Waals surface area contributed by atoms with E-state index in [4.69, 9.17) is 4.98 Å². The number of fused-ring (bicyclic) bond motifs is 1. The van der Waals surface area contributed by atoms with Crippen molar-refractivity contribution in [3.05, 3.63) is 96.1 Å². The summed E-state index contributed by atoms with van der Waals surface area (Å²) in [6.07, 6.45) is 1.68. The molecular formula is C28H26N4O2S. The highest BCUT2D eigenvalue weighted by molar-refractivity contribution is 7.22. The lowest BCUT2D eigenvalue weighted by molar-refractivity contribution is -0.132. The Kier molecular flexibility index (Phi) is 6.95. The fourth-order valence-electron chi connectivity index (χ4n) is 4.14. The Labute approximate surface area is 208 Å². The van der Waals surface area contributed by atoms with Gasteiger partial charge in [0.1, 0.15) is 0 Å². The molecule has 0 aliphatic carbocycles. The predicted molar refractivity (Wildman–Crippen MR) is 141 cm³/mol. The molecule has 0 atom stereocenters. The van der Waals surface area contributed by atoms with Gasteiger partial charge in [0.2, 0.25) is 11.8 Å². The second kappa shape index (κ2) is 10.6. The molecule has 0 fully saturated rings. The molecule has 0 saturated carbocycles. The molecule has 1 aliphatic rings. The number of rotatable bonds is 8. The number of carbonyl (C=O) groups excluding carboxylic acids is 2. The van der Waals surface area contributed by atoms with Crippen LogP contribution in [-0.4, -0.2) is 40.6 Å². The third-order valence-electron chi connectivity index (χ3n) is 6.03. The van der Waals surface area contributed by atoms with Crippen molar-refractivity contribution >= 4 is 44.2 Å². The van der Waals surface area contributed by atoms with Gasteiger partial charge < -0.3 is 0 Å². The van der Waals surface area contributed by atoms with E-state index in [2.05, 4.69) is 17.2 Å². The Hall–Kier alpha value is -3.84. The number of para-hydroxylation sites is 1. The van der Waals surface area contributed by atoms with Crippen molar-refractivity contribution in [1.82, 2.24) is 9.99 Å². The fraction of sp³-hybridized carbons (Fsp3) is 0.214. The third kappa shape index (κ3) is 5.46. The van der Waals surface area contributed by atoms with Crippen molar-refractivity contribution in [1.29, 1.82) is 0 Å². The molecule has 3 aromatic carbocycles. The van der Waals surface area contributed by atoms with Crippen LogP contribution in [0.3, 0.4) is 0 Å². The standard InChI is InChI=1S/C28H26N4O2S/c33-26(15-16-27(34)32-20-18-23(30-32)22-11-5-2-6-12-22)31(19-17-21-9-3-1-4-10-21)28-29-24-13-7-8-14-25(24)35-28/h1-14H,15-20H2. The Morgan fingerprint density at radius 3 is 2.37 bits per heavy atom. The van der Waals surface area contributed by atoms with E-state index >= 15 is 0 Å². The molecule has 1 aliphatic heterocycles. The molecule has 2 amide bonds. The number of anilines is 1. The summed E-state index contributed by atoms with van der Waals surface area (Å²) in [4.78, 5) is 32.6. The van der Waals surface area contributed by atoms with Crippen LogP contribution in [0.5, 0.6) is 0 Å². The molecule has 5 rings (SSSR count). The molecule has 2 heterocycles. The van der Waals surface area contributed by atoms with Gasteiger partial charge in [0.05, 0.1) is 22.5 Å². The number of benzene rings is 3. The number of amides is 2. The van der Waals surface area contributed by atoms with E-state index < -0.39 is 0 Å². The topological polar surface area (TPSA) is 65.9 Å². The van der Waals surface area contributed by atoms with Crippen LogP contribution in [-0.2, 0) is 16.0 Å². The van der Waals surface area contributed by atoms with E-state index in [1.165, 1.54) is 16.3 Å².